The van der Waals surface area contributed by atoms with Gasteiger partial charge in [-0.05, 0) is 44.8 Å². The van der Waals surface area contributed by atoms with Crippen LogP contribution in [-0.4, -0.2) is 30.6 Å². The Morgan fingerprint density at radius 3 is 2.65 bits per heavy atom. The van der Waals surface area contributed by atoms with Gasteiger partial charge >= 0.3 is 0 Å². The molecule has 2 nitrogen and oxygen atoms in total. The quantitative estimate of drug-likeness (QED) is 0.839. The molecular weight excluding hydrogens is 208 g/mol. The first-order chi connectivity index (χ1) is 8.25. The lowest BCUT2D eigenvalue weighted by atomic mass is 10.1. The summed E-state index contributed by atoms with van der Waals surface area (Å²) in [5.41, 5.74) is 1.42. The van der Waals surface area contributed by atoms with Crippen molar-refractivity contribution in [1.29, 1.82) is 0 Å². The molecule has 1 unspecified atom stereocenters. The van der Waals surface area contributed by atoms with Crippen molar-refractivity contribution in [2.24, 2.45) is 5.92 Å². The van der Waals surface area contributed by atoms with Crippen LogP contribution in [0.1, 0.15) is 25.8 Å². The molecular formula is C15H24N2. The zero-order chi connectivity index (χ0) is 12.1. The second-order valence-corrected chi connectivity index (χ2v) is 5.37. The van der Waals surface area contributed by atoms with Crippen molar-refractivity contribution in [2.75, 3.05) is 19.6 Å². The third-order valence-corrected chi connectivity index (χ3v) is 3.61. The van der Waals surface area contributed by atoms with Crippen LogP contribution in [0.4, 0.5) is 0 Å². The lowest BCUT2D eigenvalue weighted by molar-refractivity contribution is 0.184. The van der Waals surface area contributed by atoms with Gasteiger partial charge in [0.25, 0.3) is 0 Å². The second kappa shape index (κ2) is 6.18. The largest absolute Gasteiger partial charge is 0.316 e. The molecule has 0 aliphatic carbocycles. The summed E-state index contributed by atoms with van der Waals surface area (Å²) in [7, 11) is 0. The van der Waals surface area contributed by atoms with Crippen LogP contribution in [0.15, 0.2) is 30.3 Å². The van der Waals surface area contributed by atoms with Crippen molar-refractivity contribution in [3.63, 3.8) is 0 Å². The molecule has 1 aromatic carbocycles. The molecule has 17 heavy (non-hydrogen) atoms. The van der Waals surface area contributed by atoms with Gasteiger partial charge in [-0.25, -0.2) is 0 Å². The van der Waals surface area contributed by atoms with Crippen LogP contribution in [0.2, 0.25) is 0 Å². The van der Waals surface area contributed by atoms with Crippen molar-refractivity contribution in [2.45, 2.75) is 32.9 Å². The predicted octanol–water partition coefficient (Wildman–Crippen LogP) is 2.51. The number of nitrogens with one attached hydrogen (secondary N) is 1. The summed E-state index contributed by atoms with van der Waals surface area (Å²) in [6, 6.07) is 11.4. The van der Waals surface area contributed by atoms with E-state index in [-0.39, 0.29) is 0 Å². The lowest BCUT2D eigenvalue weighted by Crippen LogP contribution is -2.35. The van der Waals surface area contributed by atoms with Crippen molar-refractivity contribution in [1.82, 2.24) is 10.2 Å². The SMILES string of the molecule is CC(C)N(Cc1ccccc1)CC1CCNC1. The molecule has 0 radical (unpaired) electrons. The molecule has 0 spiro atoms. The van der Waals surface area contributed by atoms with Crippen LogP contribution in [-0.2, 0) is 6.54 Å². The summed E-state index contributed by atoms with van der Waals surface area (Å²) < 4.78 is 0. The van der Waals surface area contributed by atoms with Gasteiger partial charge in [0.05, 0.1) is 0 Å². The summed E-state index contributed by atoms with van der Waals surface area (Å²) in [4.78, 5) is 2.59. The highest BCUT2D eigenvalue weighted by atomic mass is 15.2. The topological polar surface area (TPSA) is 15.3 Å². The summed E-state index contributed by atoms with van der Waals surface area (Å²) in [6.45, 7) is 9.28. The smallest absolute Gasteiger partial charge is 0.0236 e. The molecule has 1 saturated heterocycles. The fourth-order valence-corrected chi connectivity index (χ4v) is 2.48. The average Bonchev–Trinajstić information content (AvgIpc) is 2.82. The Balaban J connectivity index is 1.92. The van der Waals surface area contributed by atoms with E-state index in [1.807, 2.05) is 0 Å². The van der Waals surface area contributed by atoms with Gasteiger partial charge in [-0.2, -0.15) is 0 Å². The molecule has 1 atom stereocenters. The highest BCUT2D eigenvalue weighted by molar-refractivity contribution is 5.14. The molecule has 0 bridgehead atoms. The van der Waals surface area contributed by atoms with Gasteiger partial charge in [0, 0.05) is 19.1 Å². The van der Waals surface area contributed by atoms with Crippen molar-refractivity contribution < 1.29 is 0 Å². The van der Waals surface area contributed by atoms with E-state index in [2.05, 4.69) is 54.4 Å². The van der Waals surface area contributed by atoms with Crippen LogP contribution in [0.3, 0.4) is 0 Å². The van der Waals surface area contributed by atoms with Crippen molar-refractivity contribution >= 4 is 0 Å². The molecule has 1 fully saturated rings. The van der Waals surface area contributed by atoms with Gasteiger partial charge < -0.3 is 5.32 Å². The zero-order valence-electron chi connectivity index (χ0n) is 11.0. The van der Waals surface area contributed by atoms with E-state index in [0.717, 1.165) is 12.5 Å². The number of rotatable bonds is 5. The second-order valence-electron chi connectivity index (χ2n) is 5.37. The molecule has 1 aromatic rings. The summed E-state index contributed by atoms with van der Waals surface area (Å²) >= 11 is 0. The third-order valence-electron chi connectivity index (χ3n) is 3.61. The highest BCUT2D eigenvalue weighted by Crippen LogP contribution is 2.15. The number of benzene rings is 1. The van der Waals surface area contributed by atoms with Gasteiger partial charge in [-0.3, -0.25) is 4.90 Å². The van der Waals surface area contributed by atoms with Crippen LogP contribution in [0.25, 0.3) is 0 Å². The van der Waals surface area contributed by atoms with Crippen LogP contribution < -0.4 is 5.32 Å². The Kier molecular flexibility index (Phi) is 4.57. The molecule has 1 aliphatic heterocycles. The molecule has 1 aliphatic rings. The van der Waals surface area contributed by atoms with Crippen molar-refractivity contribution in [3.05, 3.63) is 35.9 Å². The van der Waals surface area contributed by atoms with E-state index in [9.17, 15) is 0 Å². The van der Waals surface area contributed by atoms with Gasteiger partial charge in [0.2, 0.25) is 0 Å². The Labute approximate surface area is 105 Å². The van der Waals surface area contributed by atoms with Crippen LogP contribution in [0.5, 0.6) is 0 Å². The summed E-state index contributed by atoms with van der Waals surface area (Å²) in [5.74, 6) is 0.834. The first-order valence-corrected chi connectivity index (χ1v) is 6.74. The molecule has 94 valence electrons. The Morgan fingerprint density at radius 2 is 2.06 bits per heavy atom. The Morgan fingerprint density at radius 1 is 1.29 bits per heavy atom. The van der Waals surface area contributed by atoms with Crippen LogP contribution in [0, 0.1) is 5.92 Å². The van der Waals surface area contributed by atoms with E-state index >= 15 is 0 Å². The number of hydrogen-bond acceptors (Lipinski definition) is 2. The molecule has 1 N–H and O–H groups in total. The minimum Gasteiger partial charge on any atom is -0.316 e. The highest BCUT2D eigenvalue weighted by Gasteiger charge is 2.19. The van der Waals surface area contributed by atoms with Gasteiger partial charge in [-0.15, -0.1) is 0 Å². The molecule has 2 heteroatoms. The molecule has 0 amide bonds. The van der Waals surface area contributed by atoms with Gasteiger partial charge in [-0.1, -0.05) is 30.3 Å². The van der Waals surface area contributed by atoms with Crippen LogP contribution >= 0.6 is 0 Å². The first kappa shape index (κ1) is 12.6. The first-order valence-electron chi connectivity index (χ1n) is 6.74. The van der Waals surface area contributed by atoms with E-state index in [0.29, 0.717) is 6.04 Å². The normalized spacial score (nSPS) is 20.4. The monoisotopic (exact) mass is 232 g/mol. The van der Waals surface area contributed by atoms with E-state index in [4.69, 9.17) is 0 Å². The van der Waals surface area contributed by atoms with Gasteiger partial charge in [0.15, 0.2) is 0 Å². The lowest BCUT2D eigenvalue weighted by Gasteiger charge is -2.29. The predicted molar refractivity (Wildman–Crippen MR) is 73.0 cm³/mol. The Hall–Kier alpha value is -0.860. The molecule has 1 heterocycles. The molecule has 0 saturated carbocycles. The minimum atomic E-state index is 0.621. The average molecular weight is 232 g/mol. The number of hydrogen-bond donors (Lipinski definition) is 1. The summed E-state index contributed by atoms with van der Waals surface area (Å²) in [5, 5.41) is 3.45. The Bertz CT molecular complexity index is 315. The van der Waals surface area contributed by atoms with Gasteiger partial charge in [0.1, 0.15) is 0 Å². The fraction of sp³-hybridized carbons (Fsp3) is 0.600. The third kappa shape index (κ3) is 3.83. The van der Waals surface area contributed by atoms with E-state index in [1.165, 1.54) is 31.6 Å². The molecule has 0 aromatic heterocycles. The fourth-order valence-electron chi connectivity index (χ4n) is 2.48. The maximum Gasteiger partial charge on any atom is 0.0236 e. The van der Waals surface area contributed by atoms with E-state index in [1.54, 1.807) is 0 Å². The summed E-state index contributed by atoms with van der Waals surface area (Å²) in [6.07, 6.45) is 1.33. The molecule has 2 rings (SSSR count). The maximum atomic E-state index is 3.45. The van der Waals surface area contributed by atoms with E-state index < -0.39 is 0 Å². The van der Waals surface area contributed by atoms with Crippen molar-refractivity contribution in [3.8, 4) is 0 Å². The zero-order valence-corrected chi connectivity index (χ0v) is 11.0. The standard InChI is InChI=1S/C15H24N2/c1-13(2)17(12-15-8-9-16-10-15)11-14-6-4-3-5-7-14/h3-7,13,15-16H,8-12H2,1-2H3. The maximum absolute atomic E-state index is 3.45. The number of nitrogens with zero attached hydrogens (tertiary/aromatic N) is 1. The minimum absolute atomic E-state index is 0.621.